The van der Waals surface area contributed by atoms with Crippen LogP contribution in [-0.2, 0) is 11.3 Å². The zero-order valence-electron chi connectivity index (χ0n) is 16.0. The molecule has 5 nitrogen and oxygen atoms in total. The fraction of sp³-hybridized carbons (Fsp3) is 0.364. The summed E-state index contributed by atoms with van der Waals surface area (Å²) in [7, 11) is 0. The van der Waals surface area contributed by atoms with E-state index in [1.165, 1.54) is 0 Å². The summed E-state index contributed by atoms with van der Waals surface area (Å²) in [6.45, 7) is 8.89. The Morgan fingerprint density at radius 1 is 1.04 bits per heavy atom. The molecule has 1 aliphatic heterocycles. The van der Waals surface area contributed by atoms with E-state index in [0.29, 0.717) is 12.1 Å². The van der Waals surface area contributed by atoms with Crippen molar-refractivity contribution in [1.82, 2.24) is 9.80 Å². The number of hydrogen-bond donors (Lipinski definition) is 1. The topological polar surface area (TPSA) is 59.4 Å². The van der Waals surface area contributed by atoms with Crippen molar-refractivity contribution in [3.8, 4) is 6.07 Å². The third kappa shape index (κ3) is 5.16. The van der Waals surface area contributed by atoms with E-state index in [4.69, 9.17) is 5.26 Å². The molecule has 0 radical (unpaired) electrons. The molecule has 1 amide bonds. The van der Waals surface area contributed by atoms with Gasteiger partial charge in [0.25, 0.3) is 0 Å². The van der Waals surface area contributed by atoms with Crippen LogP contribution in [0.15, 0.2) is 42.5 Å². The molecule has 0 unspecified atom stereocenters. The molecule has 1 N–H and O–H groups in total. The van der Waals surface area contributed by atoms with Crippen LogP contribution in [0.4, 0.5) is 5.69 Å². The van der Waals surface area contributed by atoms with Gasteiger partial charge in [0.15, 0.2) is 0 Å². The second-order valence-electron chi connectivity index (χ2n) is 7.18. The summed E-state index contributed by atoms with van der Waals surface area (Å²) in [5, 5.41) is 12.1. The maximum atomic E-state index is 12.4. The molecule has 1 saturated heterocycles. The highest BCUT2D eigenvalue weighted by atomic mass is 16.2. The van der Waals surface area contributed by atoms with Crippen molar-refractivity contribution in [2.24, 2.45) is 0 Å². The minimum absolute atomic E-state index is 0.0440. The first-order valence-electron chi connectivity index (χ1n) is 9.35. The van der Waals surface area contributed by atoms with Crippen LogP contribution in [0.2, 0.25) is 0 Å². The Bertz CT molecular complexity index is 827. The Kier molecular flexibility index (Phi) is 6.23. The van der Waals surface area contributed by atoms with Gasteiger partial charge >= 0.3 is 0 Å². The molecule has 1 heterocycles. The van der Waals surface area contributed by atoms with Crippen molar-refractivity contribution in [1.29, 1.82) is 5.26 Å². The number of nitrogens with one attached hydrogen (secondary N) is 1. The van der Waals surface area contributed by atoms with Crippen LogP contribution in [0, 0.1) is 25.2 Å². The number of aryl methyl sites for hydroxylation is 2. The lowest BCUT2D eigenvalue weighted by Gasteiger charge is -2.34. The van der Waals surface area contributed by atoms with E-state index in [-0.39, 0.29) is 5.91 Å². The van der Waals surface area contributed by atoms with Crippen LogP contribution in [0.3, 0.4) is 0 Å². The van der Waals surface area contributed by atoms with E-state index < -0.39 is 0 Å². The molecular weight excluding hydrogens is 336 g/mol. The first-order chi connectivity index (χ1) is 13.0. The van der Waals surface area contributed by atoms with Crippen molar-refractivity contribution in [2.75, 3.05) is 38.0 Å². The Labute approximate surface area is 161 Å². The molecule has 0 aliphatic carbocycles. The highest BCUT2D eigenvalue weighted by molar-refractivity contribution is 5.93. The molecule has 27 heavy (non-hydrogen) atoms. The summed E-state index contributed by atoms with van der Waals surface area (Å²) in [4.78, 5) is 17.0. The molecule has 0 atom stereocenters. The van der Waals surface area contributed by atoms with E-state index in [2.05, 4.69) is 27.3 Å². The van der Waals surface area contributed by atoms with Gasteiger partial charge in [-0.2, -0.15) is 5.26 Å². The molecule has 2 aromatic rings. The summed E-state index contributed by atoms with van der Waals surface area (Å²) in [5.74, 6) is 0.0440. The highest BCUT2D eigenvalue weighted by Crippen LogP contribution is 2.19. The zero-order valence-corrected chi connectivity index (χ0v) is 16.0. The Morgan fingerprint density at radius 2 is 1.67 bits per heavy atom. The van der Waals surface area contributed by atoms with Crippen LogP contribution in [0.5, 0.6) is 0 Å². The Balaban J connectivity index is 1.48. The number of piperazine rings is 1. The zero-order chi connectivity index (χ0) is 19.2. The number of anilines is 1. The van der Waals surface area contributed by atoms with E-state index in [9.17, 15) is 4.79 Å². The number of amides is 1. The van der Waals surface area contributed by atoms with Gasteiger partial charge in [-0.05, 0) is 42.7 Å². The Hall–Kier alpha value is -2.68. The number of rotatable bonds is 5. The van der Waals surface area contributed by atoms with Crippen molar-refractivity contribution < 1.29 is 4.79 Å². The van der Waals surface area contributed by atoms with Crippen LogP contribution >= 0.6 is 0 Å². The number of hydrogen-bond acceptors (Lipinski definition) is 4. The molecule has 0 spiro atoms. The van der Waals surface area contributed by atoms with E-state index in [1.54, 1.807) is 0 Å². The Morgan fingerprint density at radius 3 is 2.33 bits per heavy atom. The summed E-state index contributed by atoms with van der Waals surface area (Å²) < 4.78 is 0. The van der Waals surface area contributed by atoms with E-state index >= 15 is 0 Å². The number of nitrogens with zero attached hydrogens (tertiary/aromatic N) is 3. The van der Waals surface area contributed by atoms with Crippen molar-refractivity contribution >= 4 is 11.6 Å². The van der Waals surface area contributed by atoms with Crippen LogP contribution in [0.1, 0.15) is 22.3 Å². The minimum Gasteiger partial charge on any atom is -0.324 e. The molecule has 3 rings (SSSR count). The van der Waals surface area contributed by atoms with Gasteiger partial charge in [0.2, 0.25) is 5.91 Å². The molecule has 140 valence electrons. The highest BCUT2D eigenvalue weighted by Gasteiger charge is 2.19. The van der Waals surface area contributed by atoms with E-state index in [0.717, 1.165) is 55.1 Å². The second kappa shape index (κ2) is 8.81. The maximum Gasteiger partial charge on any atom is 0.238 e. The number of carbonyl (C=O) groups excluding carboxylic acids is 1. The number of para-hydroxylation sites is 1. The quantitative estimate of drug-likeness (QED) is 0.888. The van der Waals surface area contributed by atoms with Gasteiger partial charge in [0.05, 0.1) is 18.2 Å². The first-order valence-corrected chi connectivity index (χ1v) is 9.35. The van der Waals surface area contributed by atoms with Crippen LogP contribution in [0.25, 0.3) is 0 Å². The fourth-order valence-corrected chi connectivity index (χ4v) is 3.50. The van der Waals surface area contributed by atoms with E-state index in [1.807, 2.05) is 50.2 Å². The first kappa shape index (κ1) is 19.1. The average Bonchev–Trinajstić information content (AvgIpc) is 2.66. The second-order valence-corrected chi connectivity index (χ2v) is 7.18. The van der Waals surface area contributed by atoms with Crippen LogP contribution in [-0.4, -0.2) is 48.4 Å². The molecule has 1 aliphatic rings. The lowest BCUT2D eigenvalue weighted by atomic mass is 10.1. The summed E-state index contributed by atoms with van der Waals surface area (Å²) in [5.41, 5.74) is 4.98. The molecule has 1 fully saturated rings. The number of nitriles is 1. The van der Waals surface area contributed by atoms with Gasteiger partial charge < -0.3 is 5.32 Å². The third-order valence-electron chi connectivity index (χ3n) is 5.04. The molecule has 5 heteroatoms. The van der Waals surface area contributed by atoms with Gasteiger partial charge in [-0.3, -0.25) is 14.6 Å². The van der Waals surface area contributed by atoms with Gasteiger partial charge in [-0.25, -0.2) is 0 Å². The lowest BCUT2D eigenvalue weighted by Crippen LogP contribution is -2.48. The van der Waals surface area contributed by atoms with Gasteiger partial charge in [0.1, 0.15) is 0 Å². The predicted octanol–water partition coefficient (Wildman–Crippen LogP) is 2.93. The number of carbonyl (C=O) groups is 1. The average molecular weight is 362 g/mol. The maximum absolute atomic E-state index is 12.4. The van der Waals surface area contributed by atoms with Gasteiger partial charge in [-0.1, -0.05) is 30.3 Å². The molecule has 0 aromatic heterocycles. The van der Waals surface area contributed by atoms with Crippen molar-refractivity contribution in [2.45, 2.75) is 20.4 Å². The third-order valence-corrected chi connectivity index (χ3v) is 5.04. The smallest absolute Gasteiger partial charge is 0.238 e. The summed E-state index contributed by atoms with van der Waals surface area (Å²) in [6.07, 6.45) is 0. The SMILES string of the molecule is Cc1cccc(C)c1NC(=O)CN1CCN(Cc2cccc(C#N)c2)CC1. The predicted molar refractivity (Wildman–Crippen MR) is 107 cm³/mol. The molecule has 2 aromatic carbocycles. The standard InChI is InChI=1S/C22H26N4O/c1-17-5-3-6-18(2)22(17)24-21(27)16-26-11-9-25(10-12-26)15-20-8-4-7-19(13-20)14-23/h3-8,13H,9-12,15-16H2,1-2H3,(H,24,27). The lowest BCUT2D eigenvalue weighted by molar-refractivity contribution is -0.117. The van der Waals surface area contributed by atoms with Gasteiger partial charge in [0, 0.05) is 38.4 Å². The van der Waals surface area contributed by atoms with Crippen molar-refractivity contribution in [3.05, 3.63) is 64.7 Å². The largest absolute Gasteiger partial charge is 0.324 e. The van der Waals surface area contributed by atoms with Crippen LogP contribution < -0.4 is 5.32 Å². The fourth-order valence-electron chi connectivity index (χ4n) is 3.50. The molecular formula is C22H26N4O. The summed E-state index contributed by atoms with van der Waals surface area (Å²) in [6, 6.07) is 16.0. The minimum atomic E-state index is 0.0440. The molecule has 0 saturated carbocycles. The monoisotopic (exact) mass is 362 g/mol. The normalized spacial score (nSPS) is 15.3. The number of benzene rings is 2. The van der Waals surface area contributed by atoms with Crippen molar-refractivity contribution in [3.63, 3.8) is 0 Å². The summed E-state index contributed by atoms with van der Waals surface area (Å²) >= 11 is 0. The molecule has 0 bridgehead atoms. The van der Waals surface area contributed by atoms with Gasteiger partial charge in [-0.15, -0.1) is 0 Å².